The number of nitrogens with zero attached hydrogens (tertiary/aromatic N) is 3. The number of hydrogen-bond donors (Lipinski definition) is 0. The predicted octanol–water partition coefficient (Wildman–Crippen LogP) is 3.83. The normalized spacial score (nSPS) is 11.7. The fourth-order valence-electron chi connectivity index (χ4n) is 1.66. The Morgan fingerprint density at radius 2 is 1.79 bits per heavy atom. The van der Waals surface area contributed by atoms with Gasteiger partial charge in [0.25, 0.3) is 0 Å². The molecule has 0 aliphatic heterocycles. The Balaban J connectivity index is 2.70. The van der Waals surface area contributed by atoms with E-state index < -0.39 is 11.7 Å². The van der Waals surface area contributed by atoms with Gasteiger partial charge >= 0.3 is 6.18 Å². The molecule has 2 rings (SSSR count). The minimum Gasteiger partial charge on any atom is -0.264 e. The third-order valence-corrected chi connectivity index (χ3v) is 3.21. The molecule has 2 heterocycles. The lowest BCUT2D eigenvalue weighted by Gasteiger charge is -2.13. The van der Waals surface area contributed by atoms with Crippen molar-refractivity contribution in [1.29, 1.82) is 0 Å². The highest BCUT2D eigenvalue weighted by Crippen LogP contribution is 2.37. The zero-order valence-electron chi connectivity index (χ0n) is 10.1. The lowest BCUT2D eigenvalue weighted by Crippen LogP contribution is -2.09. The fraction of sp³-hybridized carbons (Fsp3) is 0.250. The topological polar surface area (TPSA) is 38.7 Å². The van der Waals surface area contributed by atoms with Crippen molar-refractivity contribution < 1.29 is 13.2 Å². The van der Waals surface area contributed by atoms with E-state index in [1.165, 1.54) is 0 Å². The molecular formula is C12H9ClF3N3. The van der Waals surface area contributed by atoms with Gasteiger partial charge in [0.1, 0.15) is 0 Å². The molecule has 0 fully saturated rings. The summed E-state index contributed by atoms with van der Waals surface area (Å²) in [5.41, 5.74) is 0.408. The molecule has 7 heteroatoms. The first-order valence-corrected chi connectivity index (χ1v) is 5.71. The first-order valence-electron chi connectivity index (χ1n) is 5.33. The summed E-state index contributed by atoms with van der Waals surface area (Å²) in [6.07, 6.45) is -2.25. The molecule has 0 spiro atoms. The molecule has 0 saturated heterocycles. The highest BCUT2D eigenvalue weighted by atomic mass is 35.5. The maximum atomic E-state index is 12.9. The van der Waals surface area contributed by atoms with Crippen LogP contribution in [-0.2, 0) is 6.18 Å². The highest BCUT2D eigenvalue weighted by molar-refractivity contribution is 6.30. The summed E-state index contributed by atoms with van der Waals surface area (Å²) in [5.74, 6) is 0. The van der Waals surface area contributed by atoms with Crippen molar-refractivity contribution in [3.8, 4) is 11.3 Å². The predicted molar refractivity (Wildman–Crippen MR) is 64.7 cm³/mol. The Kier molecular flexibility index (Phi) is 3.45. The van der Waals surface area contributed by atoms with E-state index >= 15 is 0 Å². The molecule has 0 radical (unpaired) electrons. The summed E-state index contributed by atoms with van der Waals surface area (Å²) in [7, 11) is 0. The Morgan fingerprint density at radius 1 is 1.11 bits per heavy atom. The van der Waals surface area contributed by atoms with Gasteiger partial charge in [0.05, 0.1) is 11.3 Å². The molecule has 2 aromatic heterocycles. The summed E-state index contributed by atoms with van der Waals surface area (Å²) in [5, 5.41) is 7.60. The first kappa shape index (κ1) is 13.7. The number of pyridine rings is 1. The number of alkyl halides is 3. The molecule has 0 N–H and O–H groups in total. The Labute approximate surface area is 112 Å². The SMILES string of the molecule is Cc1c(Cl)nnc(-c2cnccc2C(F)(F)F)c1C. The minimum absolute atomic E-state index is 0.0974. The van der Waals surface area contributed by atoms with E-state index in [9.17, 15) is 13.2 Å². The summed E-state index contributed by atoms with van der Waals surface area (Å²) < 4.78 is 38.8. The van der Waals surface area contributed by atoms with E-state index in [0.29, 0.717) is 11.1 Å². The minimum atomic E-state index is -4.47. The van der Waals surface area contributed by atoms with E-state index in [1.807, 2.05) is 0 Å². The van der Waals surface area contributed by atoms with Gasteiger partial charge in [0, 0.05) is 18.0 Å². The van der Waals surface area contributed by atoms with Crippen LogP contribution in [0.3, 0.4) is 0 Å². The van der Waals surface area contributed by atoms with Crippen LogP contribution in [0.2, 0.25) is 5.15 Å². The van der Waals surface area contributed by atoms with Crippen molar-refractivity contribution >= 4 is 11.6 Å². The Morgan fingerprint density at radius 3 is 2.42 bits per heavy atom. The zero-order valence-corrected chi connectivity index (χ0v) is 10.8. The van der Waals surface area contributed by atoms with Gasteiger partial charge in [-0.15, -0.1) is 10.2 Å². The van der Waals surface area contributed by atoms with Crippen LogP contribution in [-0.4, -0.2) is 15.2 Å². The average molecular weight is 288 g/mol. The molecular weight excluding hydrogens is 279 g/mol. The van der Waals surface area contributed by atoms with Gasteiger partial charge in [-0.05, 0) is 31.0 Å². The molecule has 0 aromatic carbocycles. The van der Waals surface area contributed by atoms with E-state index in [4.69, 9.17) is 11.6 Å². The van der Waals surface area contributed by atoms with Gasteiger partial charge in [-0.1, -0.05) is 11.6 Å². The molecule has 0 aliphatic rings. The fourth-order valence-corrected chi connectivity index (χ4v) is 1.84. The second-order valence-electron chi connectivity index (χ2n) is 4.01. The maximum Gasteiger partial charge on any atom is 0.417 e. The lowest BCUT2D eigenvalue weighted by atomic mass is 10.0. The second kappa shape index (κ2) is 4.77. The van der Waals surface area contributed by atoms with Gasteiger partial charge < -0.3 is 0 Å². The molecule has 0 saturated carbocycles. The standard InChI is InChI=1S/C12H9ClF3N3/c1-6-7(2)11(13)19-18-10(6)8-5-17-4-3-9(8)12(14,15)16/h3-5H,1-2H3. The number of aromatic nitrogens is 3. The van der Waals surface area contributed by atoms with Gasteiger partial charge in [0.2, 0.25) is 0 Å². The Hall–Kier alpha value is -1.69. The summed E-state index contributed by atoms with van der Waals surface area (Å²) in [6, 6.07) is 0.917. The van der Waals surface area contributed by atoms with Gasteiger partial charge in [-0.25, -0.2) is 0 Å². The number of rotatable bonds is 1. The quantitative estimate of drug-likeness (QED) is 0.800. The monoisotopic (exact) mass is 287 g/mol. The van der Waals surface area contributed by atoms with E-state index in [1.54, 1.807) is 13.8 Å². The van der Waals surface area contributed by atoms with E-state index in [2.05, 4.69) is 15.2 Å². The number of hydrogen-bond acceptors (Lipinski definition) is 3. The summed E-state index contributed by atoms with van der Waals surface area (Å²) >= 11 is 5.79. The van der Waals surface area contributed by atoms with Crippen molar-refractivity contribution in [2.24, 2.45) is 0 Å². The average Bonchev–Trinajstić information content (AvgIpc) is 2.35. The van der Waals surface area contributed by atoms with Crippen LogP contribution >= 0.6 is 11.6 Å². The maximum absolute atomic E-state index is 12.9. The van der Waals surface area contributed by atoms with Gasteiger partial charge in [0.15, 0.2) is 5.15 Å². The highest BCUT2D eigenvalue weighted by Gasteiger charge is 2.34. The lowest BCUT2D eigenvalue weighted by molar-refractivity contribution is -0.137. The largest absolute Gasteiger partial charge is 0.417 e. The van der Waals surface area contributed by atoms with E-state index in [0.717, 1.165) is 18.5 Å². The van der Waals surface area contributed by atoms with Crippen LogP contribution in [0, 0.1) is 13.8 Å². The van der Waals surface area contributed by atoms with Crippen LogP contribution in [0.1, 0.15) is 16.7 Å². The third kappa shape index (κ3) is 2.53. The molecule has 0 unspecified atom stereocenters. The molecule has 19 heavy (non-hydrogen) atoms. The van der Waals surface area contributed by atoms with Crippen molar-refractivity contribution in [3.05, 3.63) is 40.3 Å². The molecule has 0 atom stereocenters. The molecule has 3 nitrogen and oxygen atoms in total. The molecule has 0 aliphatic carbocycles. The van der Waals surface area contributed by atoms with Crippen molar-refractivity contribution in [3.63, 3.8) is 0 Å². The van der Waals surface area contributed by atoms with Gasteiger partial charge in [-0.3, -0.25) is 4.98 Å². The van der Waals surface area contributed by atoms with Crippen LogP contribution in [0.15, 0.2) is 18.5 Å². The van der Waals surface area contributed by atoms with Crippen molar-refractivity contribution in [2.45, 2.75) is 20.0 Å². The molecule has 2 aromatic rings. The molecule has 0 amide bonds. The summed E-state index contributed by atoms with van der Waals surface area (Å²) in [4.78, 5) is 3.73. The third-order valence-electron chi connectivity index (χ3n) is 2.85. The molecule has 0 bridgehead atoms. The summed E-state index contributed by atoms with van der Waals surface area (Å²) in [6.45, 7) is 3.33. The molecule has 100 valence electrons. The van der Waals surface area contributed by atoms with Crippen molar-refractivity contribution in [2.75, 3.05) is 0 Å². The van der Waals surface area contributed by atoms with E-state index in [-0.39, 0.29) is 16.4 Å². The van der Waals surface area contributed by atoms with Crippen LogP contribution in [0.5, 0.6) is 0 Å². The second-order valence-corrected chi connectivity index (χ2v) is 4.37. The number of halogens is 4. The smallest absolute Gasteiger partial charge is 0.264 e. The van der Waals surface area contributed by atoms with Gasteiger partial charge in [-0.2, -0.15) is 13.2 Å². The first-order chi connectivity index (χ1) is 8.82. The Bertz CT molecular complexity index is 626. The zero-order chi connectivity index (χ0) is 14.2. The van der Waals surface area contributed by atoms with Crippen LogP contribution in [0.4, 0.5) is 13.2 Å². The van der Waals surface area contributed by atoms with Crippen molar-refractivity contribution in [1.82, 2.24) is 15.2 Å². The van der Waals surface area contributed by atoms with Crippen LogP contribution < -0.4 is 0 Å². The van der Waals surface area contributed by atoms with Crippen LogP contribution in [0.25, 0.3) is 11.3 Å².